The van der Waals surface area contributed by atoms with Crippen molar-refractivity contribution in [1.82, 2.24) is 14.7 Å². The molecule has 0 aliphatic carbocycles. The lowest BCUT2D eigenvalue weighted by atomic mass is 10.1. The van der Waals surface area contributed by atoms with E-state index in [-0.39, 0.29) is 5.91 Å². The fourth-order valence-electron chi connectivity index (χ4n) is 3.27. The molecule has 3 rings (SSSR count). The lowest BCUT2D eigenvalue weighted by Crippen LogP contribution is -2.34. The number of rotatable bonds is 4. The Bertz CT molecular complexity index is 788. The highest BCUT2D eigenvalue weighted by Gasteiger charge is 2.15. The minimum absolute atomic E-state index is 0.0948. The van der Waals surface area contributed by atoms with Crippen LogP contribution in [0, 0.1) is 13.8 Å². The molecule has 0 unspecified atom stereocenters. The van der Waals surface area contributed by atoms with Crippen molar-refractivity contribution in [1.29, 1.82) is 0 Å². The molecule has 1 saturated heterocycles. The van der Waals surface area contributed by atoms with Crippen LogP contribution in [0.2, 0.25) is 5.02 Å². The first-order valence-corrected chi connectivity index (χ1v) is 9.18. The van der Waals surface area contributed by atoms with Gasteiger partial charge in [0.05, 0.1) is 12.2 Å². The van der Waals surface area contributed by atoms with Crippen LogP contribution in [-0.4, -0.2) is 33.7 Å². The van der Waals surface area contributed by atoms with Crippen molar-refractivity contribution in [3.8, 4) is 0 Å². The Labute approximate surface area is 154 Å². The Balaban J connectivity index is 1.76. The van der Waals surface area contributed by atoms with E-state index in [2.05, 4.69) is 5.10 Å². The Morgan fingerprint density at radius 2 is 1.92 bits per heavy atom. The topological polar surface area (TPSA) is 38.1 Å². The maximum atomic E-state index is 12.3. The summed E-state index contributed by atoms with van der Waals surface area (Å²) in [5.74, 6) is 0.0948. The van der Waals surface area contributed by atoms with Crippen LogP contribution in [0.4, 0.5) is 0 Å². The van der Waals surface area contributed by atoms with Crippen molar-refractivity contribution < 1.29 is 4.79 Å². The number of aromatic nitrogens is 2. The Morgan fingerprint density at radius 3 is 2.64 bits per heavy atom. The second-order valence-corrected chi connectivity index (χ2v) is 6.96. The normalized spacial score (nSPS) is 15.1. The SMILES string of the molecule is Cc1nn(Cc2ccccc2Cl)c(C)c1/C=C/C(=O)N1CCCCC1. The van der Waals surface area contributed by atoms with Gasteiger partial charge in [0.25, 0.3) is 0 Å². The smallest absolute Gasteiger partial charge is 0.246 e. The third-order valence-electron chi connectivity index (χ3n) is 4.78. The van der Waals surface area contributed by atoms with Crippen LogP contribution in [0.15, 0.2) is 30.3 Å². The van der Waals surface area contributed by atoms with E-state index in [0.717, 1.165) is 53.5 Å². The van der Waals surface area contributed by atoms with Gasteiger partial charge in [0, 0.05) is 35.4 Å². The van der Waals surface area contributed by atoms with E-state index in [1.54, 1.807) is 6.08 Å². The van der Waals surface area contributed by atoms with Gasteiger partial charge in [0.1, 0.15) is 0 Å². The van der Waals surface area contributed by atoms with Gasteiger partial charge in [0.15, 0.2) is 0 Å². The van der Waals surface area contributed by atoms with Crippen molar-refractivity contribution >= 4 is 23.6 Å². The summed E-state index contributed by atoms with van der Waals surface area (Å²) in [6.07, 6.45) is 7.02. The molecule has 1 aromatic heterocycles. The van der Waals surface area contributed by atoms with E-state index < -0.39 is 0 Å². The maximum Gasteiger partial charge on any atom is 0.246 e. The molecule has 1 aliphatic heterocycles. The van der Waals surface area contributed by atoms with Gasteiger partial charge in [-0.1, -0.05) is 29.8 Å². The number of hydrogen-bond acceptors (Lipinski definition) is 2. The van der Waals surface area contributed by atoms with Gasteiger partial charge in [-0.25, -0.2) is 0 Å². The van der Waals surface area contributed by atoms with Crippen LogP contribution >= 0.6 is 11.6 Å². The fourth-order valence-corrected chi connectivity index (χ4v) is 3.46. The lowest BCUT2D eigenvalue weighted by Gasteiger charge is -2.25. The summed E-state index contributed by atoms with van der Waals surface area (Å²) >= 11 is 6.26. The monoisotopic (exact) mass is 357 g/mol. The van der Waals surface area contributed by atoms with E-state index in [4.69, 9.17) is 11.6 Å². The summed E-state index contributed by atoms with van der Waals surface area (Å²) in [5.41, 5.74) is 4.01. The average molecular weight is 358 g/mol. The van der Waals surface area contributed by atoms with E-state index in [1.807, 2.05) is 53.8 Å². The van der Waals surface area contributed by atoms with E-state index in [0.29, 0.717) is 6.54 Å². The third-order valence-corrected chi connectivity index (χ3v) is 5.14. The molecule has 5 heteroatoms. The molecule has 132 valence electrons. The highest BCUT2D eigenvalue weighted by Crippen LogP contribution is 2.20. The molecule has 0 spiro atoms. The molecule has 0 atom stereocenters. The number of nitrogens with zero attached hydrogens (tertiary/aromatic N) is 3. The molecule has 4 nitrogen and oxygen atoms in total. The zero-order chi connectivity index (χ0) is 17.8. The molecular weight excluding hydrogens is 334 g/mol. The Morgan fingerprint density at radius 1 is 1.20 bits per heavy atom. The fraction of sp³-hybridized carbons (Fsp3) is 0.400. The van der Waals surface area contributed by atoms with E-state index in [1.165, 1.54) is 6.42 Å². The lowest BCUT2D eigenvalue weighted by molar-refractivity contribution is -0.126. The van der Waals surface area contributed by atoms with Crippen molar-refractivity contribution in [3.63, 3.8) is 0 Å². The van der Waals surface area contributed by atoms with Gasteiger partial charge in [-0.05, 0) is 50.8 Å². The number of hydrogen-bond donors (Lipinski definition) is 0. The number of carbonyl (C=O) groups is 1. The summed E-state index contributed by atoms with van der Waals surface area (Å²) < 4.78 is 1.95. The van der Waals surface area contributed by atoms with E-state index >= 15 is 0 Å². The minimum Gasteiger partial charge on any atom is -0.339 e. The first kappa shape index (κ1) is 17.7. The van der Waals surface area contributed by atoms with Crippen LogP contribution in [0.1, 0.15) is 41.8 Å². The average Bonchev–Trinajstić information content (AvgIpc) is 2.89. The van der Waals surface area contributed by atoms with Crippen LogP contribution in [-0.2, 0) is 11.3 Å². The Hall–Kier alpha value is -2.07. The van der Waals surface area contributed by atoms with Crippen molar-refractivity contribution in [2.45, 2.75) is 39.7 Å². The summed E-state index contributed by atoms with van der Waals surface area (Å²) in [4.78, 5) is 14.3. The predicted molar refractivity (Wildman–Crippen MR) is 102 cm³/mol. The van der Waals surface area contributed by atoms with Gasteiger partial charge >= 0.3 is 0 Å². The molecule has 0 bridgehead atoms. The quantitative estimate of drug-likeness (QED) is 0.768. The molecular formula is C20H24ClN3O. The molecule has 1 amide bonds. The van der Waals surface area contributed by atoms with Gasteiger partial charge in [-0.15, -0.1) is 0 Å². The summed E-state index contributed by atoms with van der Waals surface area (Å²) in [7, 11) is 0. The van der Waals surface area contributed by atoms with Gasteiger partial charge in [0.2, 0.25) is 5.91 Å². The maximum absolute atomic E-state index is 12.3. The second-order valence-electron chi connectivity index (χ2n) is 6.55. The standard InChI is InChI=1S/C20H24ClN3O/c1-15-18(10-11-20(25)23-12-6-3-7-13-23)16(2)24(22-15)14-17-8-4-5-9-19(17)21/h4-5,8-11H,3,6-7,12-14H2,1-2H3/b11-10+. The van der Waals surface area contributed by atoms with Gasteiger partial charge < -0.3 is 4.90 Å². The molecule has 1 fully saturated rings. The number of carbonyl (C=O) groups excluding carboxylic acids is 1. The third kappa shape index (κ3) is 4.13. The molecule has 2 heterocycles. The molecule has 1 aliphatic rings. The zero-order valence-corrected chi connectivity index (χ0v) is 15.6. The van der Waals surface area contributed by atoms with Crippen LogP contribution < -0.4 is 0 Å². The first-order valence-electron chi connectivity index (χ1n) is 8.80. The number of halogens is 1. The van der Waals surface area contributed by atoms with Crippen LogP contribution in [0.5, 0.6) is 0 Å². The van der Waals surface area contributed by atoms with Crippen molar-refractivity contribution in [2.24, 2.45) is 0 Å². The van der Waals surface area contributed by atoms with Crippen LogP contribution in [0.25, 0.3) is 6.08 Å². The number of benzene rings is 1. The number of piperidine rings is 1. The molecule has 25 heavy (non-hydrogen) atoms. The number of amides is 1. The predicted octanol–water partition coefficient (Wildman–Crippen LogP) is 4.23. The summed E-state index contributed by atoms with van der Waals surface area (Å²) in [6.45, 7) is 6.36. The molecule has 2 aromatic rings. The summed E-state index contributed by atoms with van der Waals surface area (Å²) in [5, 5.41) is 5.36. The van der Waals surface area contributed by atoms with Crippen LogP contribution in [0.3, 0.4) is 0 Å². The molecule has 0 N–H and O–H groups in total. The highest BCUT2D eigenvalue weighted by molar-refractivity contribution is 6.31. The van der Waals surface area contributed by atoms with Gasteiger partial charge in [-0.2, -0.15) is 5.10 Å². The minimum atomic E-state index is 0.0948. The highest BCUT2D eigenvalue weighted by atomic mass is 35.5. The van der Waals surface area contributed by atoms with Crippen molar-refractivity contribution in [2.75, 3.05) is 13.1 Å². The van der Waals surface area contributed by atoms with Crippen molar-refractivity contribution in [3.05, 3.63) is 57.9 Å². The zero-order valence-electron chi connectivity index (χ0n) is 14.8. The molecule has 1 aromatic carbocycles. The second kappa shape index (κ2) is 7.87. The van der Waals surface area contributed by atoms with E-state index in [9.17, 15) is 4.79 Å². The molecule has 0 saturated carbocycles. The number of likely N-dealkylation sites (tertiary alicyclic amines) is 1. The number of aryl methyl sites for hydroxylation is 1. The first-order chi connectivity index (χ1) is 12.1. The summed E-state index contributed by atoms with van der Waals surface area (Å²) in [6, 6.07) is 7.80. The Kier molecular flexibility index (Phi) is 5.59. The molecule has 0 radical (unpaired) electrons. The largest absolute Gasteiger partial charge is 0.339 e. The van der Waals surface area contributed by atoms with Gasteiger partial charge in [-0.3, -0.25) is 9.48 Å².